The molecule has 18 heavy (non-hydrogen) atoms. The van der Waals surface area contributed by atoms with Crippen LogP contribution in [0.4, 0.5) is 5.69 Å². The second-order valence-corrected chi connectivity index (χ2v) is 4.93. The van der Waals surface area contributed by atoms with Crippen LogP contribution in [0.3, 0.4) is 0 Å². The van der Waals surface area contributed by atoms with Gasteiger partial charge >= 0.3 is 0 Å². The maximum atomic E-state index is 11.6. The summed E-state index contributed by atoms with van der Waals surface area (Å²) in [7, 11) is 0. The molecule has 2 fully saturated rings. The van der Waals surface area contributed by atoms with E-state index < -0.39 is 0 Å². The lowest BCUT2D eigenvalue weighted by atomic mass is 10.1. The molecule has 0 spiro atoms. The Morgan fingerprint density at radius 2 is 2.33 bits per heavy atom. The van der Waals surface area contributed by atoms with E-state index in [0.29, 0.717) is 24.9 Å². The predicted octanol–water partition coefficient (Wildman–Crippen LogP) is 0.351. The van der Waals surface area contributed by atoms with Crippen LogP contribution >= 0.6 is 0 Å². The quantitative estimate of drug-likeness (QED) is 0.818. The van der Waals surface area contributed by atoms with Gasteiger partial charge in [0.05, 0.1) is 11.9 Å². The lowest BCUT2D eigenvalue weighted by Gasteiger charge is -2.39. The molecule has 3 heterocycles. The number of aromatic nitrogens is 1. The number of carbonyl (C=O) groups excluding carboxylic acids is 1. The minimum atomic E-state index is 0.310. The van der Waals surface area contributed by atoms with Gasteiger partial charge in [0.25, 0.3) is 0 Å². The average Bonchev–Trinajstić information content (AvgIpc) is 2.80. The zero-order chi connectivity index (χ0) is 12.5. The summed E-state index contributed by atoms with van der Waals surface area (Å²) in [6, 6.07) is 2.35. The van der Waals surface area contributed by atoms with Crippen LogP contribution in [0.25, 0.3) is 0 Å². The summed E-state index contributed by atoms with van der Waals surface area (Å²) in [6.07, 6.45) is 5.35. The van der Waals surface area contributed by atoms with Crippen molar-refractivity contribution in [2.75, 3.05) is 24.5 Å². The van der Waals surface area contributed by atoms with Gasteiger partial charge in [0.1, 0.15) is 0 Å². The summed E-state index contributed by atoms with van der Waals surface area (Å²) < 4.78 is 0. The van der Waals surface area contributed by atoms with E-state index in [0.717, 1.165) is 37.3 Å². The Morgan fingerprint density at radius 1 is 1.44 bits per heavy atom. The molecule has 3 rings (SSSR count). The van der Waals surface area contributed by atoms with Gasteiger partial charge < -0.3 is 15.5 Å². The van der Waals surface area contributed by atoms with Crippen molar-refractivity contribution in [3.8, 4) is 0 Å². The smallest absolute Gasteiger partial charge is 0.223 e. The van der Waals surface area contributed by atoms with Crippen LogP contribution in [0.2, 0.25) is 0 Å². The SMILES string of the molecule is NCc1ccncc1N1CCN2C(=O)CCC2C1. The van der Waals surface area contributed by atoms with Crippen LogP contribution in [0, 0.1) is 0 Å². The molecule has 1 amide bonds. The lowest BCUT2D eigenvalue weighted by Crippen LogP contribution is -2.51. The molecule has 5 nitrogen and oxygen atoms in total. The zero-order valence-corrected chi connectivity index (χ0v) is 10.4. The second-order valence-electron chi connectivity index (χ2n) is 4.93. The molecular weight excluding hydrogens is 228 g/mol. The fourth-order valence-electron chi connectivity index (χ4n) is 2.96. The Morgan fingerprint density at radius 3 is 3.17 bits per heavy atom. The van der Waals surface area contributed by atoms with Crippen molar-refractivity contribution in [2.45, 2.75) is 25.4 Å². The Labute approximate surface area is 107 Å². The highest BCUT2D eigenvalue weighted by Crippen LogP contribution is 2.27. The van der Waals surface area contributed by atoms with E-state index in [-0.39, 0.29) is 0 Å². The van der Waals surface area contributed by atoms with Gasteiger partial charge in [0.2, 0.25) is 5.91 Å². The molecule has 2 aliphatic rings. The van der Waals surface area contributed by atoms with Crippen molar-refractivity contribution in [1.29, 1.82) is 0 Å². The summed E-state index contributed by atoms with van der Waals surface area (Å²) in [5.41, 5.74) is 8.02. The van der Waals surface area contributed by atoms with Crippen LogP contribution in [0.15, 0.2) is 18.5 Å². The van der Waals surface area contributed by atoms with Crippen molar-refractivity contribution in [1.82, 2.24) is 9.88 Å². The number of rotatable bonds is 2. The molecule has 1 unspecified atom stereocenters. The van der Waals surface area contributed by atoms with E-state index in [1.807, 2.05) is 17.2 Å². The van der Waals surface area contributed by atoms with E-state index in [1.165, 1.54) is 0 Å². The number of hydrogen-bond acceptors (Lipinski definition) is 4. The van der Waals surface area contributed by atoms with Crippen LogP contribution < -0.4 is 10.6 Å². The first-order valence-corrected chi connectivity index (χ1v) is 6.47. The van der Waals surface area contributed by atoms with Gasteiger partial charge in [-0.25, -0.2) is 0 Å². The first-order chi connectivity index (χ1) is 8.79. The van der Waals surface area contributed by atoms with E-state index in [4.69, 9.17) is 5.73 Å². The maximum absolute atomic E-state index is 11.6. The lowest BCUT2D eigenvalue weighted by molar-refractivity contribution is -0.129. The third-order valence-electron chi connectivity index (χ3n) is 3.94. The van der Waals surface area contributed by atoms with E-state index in [9.17, 15) is 4.79 Å². The van der Waals surface area contributed by atoms with Crippen molar-refractivity contribution >= 4 is 11.6 Å². The largest absolute Gasteiger partial charge is 0.366 e. The monoisotopic (exact) mass is 246 g/mol. The van der Waals surface area contributed by atoms with Crippen molar-refractivity contribution in [3.05, 3.63) is 24.0 Å². The highest BCUT2D eigenvalue weighted by atomic mass is 16.2. The summed E-state index contributed by atoms with van der Waals surface area (Å²) in [5.74, 6) is 0.310. The van der Waals surface area contributed by atoms with Gasteiger partial charge in [-0.1, -0.05) is 0 Å². The molecule has 2 N–H and O–H groups in total. The van der Waals surface area contributed by atoms with Crippen molar-refractivity contribution in [2.24, 2.45) is 5.73 Å². The van der Waals surface area contributed by atoms with E-state index in [1.54, 1.807) is 6.20 Å². The second kappa shape index (κ2) is 4.57. The molecule has 2 aliphatic heterocycles. The summed E-state index contributed by atoms with van der Waals surface area (Å²) in [4.78, 5) is 20.2. The molecule has 1 aromatic heterocycles. The van der Waals surface area contributed by atoms with Gasteiger partial charge in [0, 0.05) is 44.8 Å². The standard InChI is InChI=1S/C13H18N4O/c14-7-10-3-4-15-8-12(10)16-5-6-17-11(9-16)1-2-13(17)18/h3-4,8,11H,1-2,5-7,9,14H2. The first kappa shape index (κ1) is 11.5. The fraction of sp³-hybridized carbons (Fsp3) is 0.538. The molecule has 1 atom stereocenters. The Balaban J connectivity index is 1.80. The van der Waals surface area contributed by atoms with Crippen LogP contribution in [-0.2, 0) is 11.3 Å². The average molecular weight is 246 g/mol. The highest BCUT2D eigenvalue weighted by Gasteiger charge is 2.35. The molecule has 1 aromatic rings. The first-order valence-electron chi connectivity index (χ1n) is 6.47. The fourth-order valence-corrected chi connectivity index (χ4v) is 2.96. The van der Waals surface area contributed by atoms with Gasteiger partial charge in [-0.2, -0.15) is 0 Å². The van der Waals surface area contributed by atoms with E-state index in [2.05, 4.69) is 9.88 Å². The van der Waals surface area contributed by atoms with Crippen molar-refractivity contribution < 1.29 is 4.79 Å². The maximum Gasteiger partial charge on any atom is 0.223 e. The van der Waals surface area contributed by atoms with Gasteiger partial charge in [-0.3, -0.25) is 9.78 Å². The normalized spacial score (nSPS) is 23.4. The summed E-state index contributed by atoms with van der Waals surface area (Å²) in [5, 5.41) is 0. The topological polar surface area (TPSA) is 62.5 Å². The Bertz CT molecular complexity index is 462. The minimum Gasteiger partial charge on any atom is -0.366 e. The van der Waals surface area contributed by atoms with Crippen LogP contribution in [-0.4, -0.2) is 41.5 Å². The molecule has 5 heteroatoms. The van der Waals surface area contributed by atoms with Gasteiger partial charge in [0.15, 0.2) is 0 Å². The number of fused-ring (bicyclic) bond motifs is 1. The molecule has 0 aromatic carbocycles. The zero-order valence-electron chi connectivity index (χ0n) is 10.4. The molecule has 0 saturated carbocycles. The molecule has 0 bridgehead atoms. The Kier molecular flexibility index (Phi) is 2.91. The number of hydrogen-bond donors (Lipinski definition) is 1. The number of carbonyl (C=O) groups is 1. The van der Waals surface area contributed by atoms with Gasteiger partial charge in [-0.05, 0) is 18.1 Å². The molecule has 0 aliphatic carbocycles. The summed E-state index contributed by atoms with van der Waals surface area (Å²) >= 11 is 0. The predicted molar refractivity (Wildman–Crippen MR) is 69.1 cm³/mol. The highest BCUT2D eigenvalue weighted by molar-refractivity contribution is 5.79. The number of nitrogens with zero attached hydrogens (tertiary/aromatic N) is 3. The molecule has 2 saturated heterocycles. The summed E-state index contributed by atoms with van der Waals surface area (Å²) in [6.45, 7) is 3.13. The Hall–Kier alpha value is -1.62. The van der Waals surface area contributed by atoms with Crippen molar-refractivity contribution in [3.63, 3.8) is 0 Å². The van der Waals surface area contributed by atoms with E-state index >= 15 is 0 Å². The third kappa shape index (κ3) is 1.84. The molecule has 0 radical (unpaired) electrons. The molecule has 96 valence electrons. The minimum absolute atomic E-state index is 0.310. The third-order valence-corrected chi connectivity index (χ3v) is 3.94. The number of anilines is 1. The van der Waals surface area contributed by atoms with Crippen LogP contribution in [0.5, 0.6) is 0 Å². The number of piperazine rings is 1. The number of pyridine rings is 1. The number of amides is 1. The number of nitrogens with two attached hydrogens (primary N) is 1. The van der Waals surface area contributed by atoms with Crippen LogP contribution in [0.1, 0.15) is 18.4 Å². The molecular formula is C13H18N4O. The van der Waals surface area contributed by atoms with Gasteiger partial charge in [-0.15, -0.1) is 0 Å².